The Bertz CT molecular complexity index is 381. The maximum absolute atomic E-state index is 5.42. The molecule has 0 aliphatic carbocycles. The fourth-order valence-electron chi connectivity index (χ4n) is 2.48. The van der Waals surface area contributed by atoms with E-state index in [0.717, 1.165) is 37.6 Å². The fraction of sp³-hybridized carbons (Fsp3) is 0.615. The lowest BCUT2D eigenvalue weighted by Crippen LogP contribution is -2.50. The van der Waals surface area contributed by atoms with Crippen molar-refractivity contribution < 1.29 is 0 Å². The second kappa shape index (κ2) is 6.13. The number of nitrogens with zero attached hydrogens (tertiary/aromatic N) is 3. The lowest BCUT2D eigenvalue weighted by Gasteiger charge is -2.39. The van der Waals surface area contributed by atoms with Gasteiger partial charge >= 0.3 is 0 Å². The van der Waals surface area contributed by atoms with Crippen LogP contribution in [0.15, 0.2) is 18.3 Å². The summed E-state index contributed by atoms with van der Waals surface area (Å²) in [5, 5.41) is 0. The number of pyridine rings is 1. The first-order valence-electron chi connectivity index (χ1n) is 6.57. The SMILES string of the molecule is CCC1CN(Cc2cc(NN)ccn2)CCN1C. The largest absolute Gasteiger partial charge is 0.324 e. The summed E-state index contributed by atoms with van der Waals surface area (Å²) in [5.41, 5.74) is 4.66. The molecule has 100 valence electrons. The van der Waals surface area contributed by atoms with Crippen molar-refractivity contribution in [2.45, 2.75) is 25.9 Å². The molecular formula is C13H23N5. The van der Waals surface area contributed by atoms with Gasteiger partial charge in [-0.1, -0.05) is 6.92 Å². The van der Waals surface area contributed by atoms with Crippen molar-refractivity contribution >= 4 is 5.69 Å². The maximum Gasteiger partial charge on any atom is 0.0564 e. The van der Waals surface area contributed by atoms with Crippen molar-refractivity contribution in [3.63, 3.8) is 0 Å². The Morgan fingerprint density at radius 1 is 1.50 bits per heavy atom. The number of nitrogens with one attached hydrogen (secondary N) is 1. The van der Waals surface area contributed by atoms with Crippen molar-refractivity contribution in [1.29, 1.82) is 0 Å². The summed E-state index contributed by atoms with van der Waals surface area (Å²) in [6.45, 7) is 6.51. The monoisotopic (exact) mass is 249 g/mol. The number of aromatic nitrogens is 1. The van der Waals surface area contributed by atoms with Crippen LogP contribution in [-0.2, 0) is 6.54 Å². The highest BCUT2D eigenvalue weighted by Gasteiger charge is 2.22. The molecule has 0 radical (unpaired) electrons. The molecule has 18 heavy (non-hydrogen) atoms. The maximum atomic E-state index is 5.42. The van der Waals surface area contributed by atoms with Crippen LogP contribution in [0.2, 0.25) is 0 Å². The molecule has 1 saturated heterocycles. The van der Waals surface area contributed by atoms with E-state index >= 15 is 0 Å². The molecule has 0 bridgehead atoms. The molecule has 0 amide bonds. The van der Waals surface area contributed by atoms with E-state index in [1.165, 1.54) is 6.42 Å². The third kappa shape index (κ3) is 3.19. The third-order valence-electron chi connectivity index (χ3n) is 3.70. The number of rotatable bonds is 4. The van der Waals surface area contributed by atoms with E-state index in [1.54, 1.807) is 6.20 Å². The zero-order chi connectivity index (χ0) is 13.0. The molecule has 1 aliphatic heterocycles. The second-order valence-corrected chi connectivity index (χ2v) is 4.96. The standard InChI is InChI=1S/C13H23N5/c1-3-13-10-18(7-6-17(13)2)9-12-8-11(16-14)4-5-15-12/h4-5,8,13H,3,6-7,9-10,14H2,1-2H3,(H,15,16). The normalized spacial score (nSPS) is 22.1. The number of nitrogens with two attached hydrogens (primary N) is 1. The first-order chi connectivity index (χ1) is 8.72. The van der Waals surface area contributed by atoms with Crippen LogP contribution in [0.3, 0.4) is 0 Å². The van der Waals surface area contributed by atoms with Gasteiger partial charge in [0.2, 0.25) is 0 Å². The van der Waals surface area contributed by atoms with Gasteiger partial charge in [-0.05, 0) is 25.6 Å². The Balaban J connectivity index is 1.96. The smallest absolute Gasteiger partial charge is 0.0564 e. The van der Waals surface area contributed by atoms with Gasteiger partial charge in [0.25, 0.3) is 0 Å². The second-order valence-electron chi connectivity index (χ2n) is 4.96. The number of hydrogen-bond donors (Lipinski definition) is 2. The predicted molar refractivity (Wildman–Crippen MR) is 74.0 cm³/mol. The lowest BCUT2D eigenvalue weighted by molar-refractivity contribution is 0.0875. The third-order valence-corrected chi connectivity index (χ3v) is 3.70. The van der Waals surface area contributed by atoms with Crippen LogP contribution in [0.4, 0.5) is 5.69 Å². The Kier molecular flexibility index (Phi) is 4.52. The van der Waals surface area contributed by atoms with Crippen LogP contribution in [0, 0.1) is 0 Å². The van der Waals surface area contributed by atoms with E-state index in [1.807, 2.05) is 12.1 Å². The van der Waals surface area contributed by atoms with Gasteiger partial charge in [0, 0.05) is 38.4 Å². The van der Waals surface area contributed by atoms with E-state index in [9.17, 15) is 0 Å². The molecule has 2 rings (SSSR count). The van der Waals surface area contributed by atoms with Crippen LogP contribution in [0.25, 0.3) is 0 Å². The molecule has 1 aliphatic rings. The van der Waals surface area contributed by atoms with Crippen LogP contribution in [0.5, 0.6) is 0 Å². The van der Waals surface area contributed by atoms with Crippen molar-refractivity contribution in [3.05, 3.63) is 24.0 Å². The molecule has 0 saturated carbocycles. The summed E-state index contributed by atoms with van der Waals surface area (Å²) >= 11 is 0. The van der Waals surface area contributed by atoms with Crippen molar-refractivity contribution in [1.82, 2.24) is 14.8 Å². The summed E-state index contributed by atoms with van der Waals surface area (Å²) in [6, 6.07) is 4.55. The molecular weight excluding hydrogens is 226 g/mol. The number of piperazine rings is 1. The van der Waals surface area contributed by atoms with Gasteiger partial charge in [-0.2, -0.15) is 0 Å². The van der Waals surface area contributed by atoms with E-state index in [2.05, 4.69) is 34.2 Å². The van der Waals surface area contributed by atoms with Crippen molar-refractivity contribution in [2.75, 3.05) is 32.1 Å². The number of likely N-dealkylation sites (N-methyl/N-ethyl adjacent to an activating group) is 1. The van der Waals surface area contributed by atoms with E-state index in [4.69, 9.17) is 5.84 Å². The highest BCUT2D eigenvalue weighted by Crippen LogP contribution is 2.14. The minimum atomic E-state index is 0.662. The summed E-state index contributed by atoms with van der Waals surface area (Å²) in [4.78, 5) is 9.32. The summed E-state index contributed by atoms with van der Waals surface area (Å²) < 4.78 is 0. The molecule has 2 heterocycles. The van der Waals surface area contributed by atoms with E-state index < -0.39 is 0 Å². The summed E-state index contributed by atoms with van der Waals surface area (Å²) in [6.07, 6.45) is 3.00. The topological polar surface area (TPSA) is 57.4 Å². The molecule has 1 aromatic rings. The fourth-order valence-corrected chi connectivity index (χ4v) is 2.48. The Labute approximate surface area is 109 Å². The number of hydrogen-bond acceptors (Lipinski definition) is 5. The summed E-state index contributed by atoms with van der Waals surface area (Å²) in [5.74, 6) is 5.42. The minimum Gasteiger partial charge on any atom is -0.324 e. The van der Waals surface area contributed by atoms with E-state index in [0.29, 0.717) is 6.04 Å². The quantitative estimate of drug-likeness (QED) is 0.613. The highest BCUT2D eigenvalue weighted by atomic mass is 15.3. The number of anilines is 1. The molecule has 1 atom stereocenters. The highest BCUT2D eigenvalue weighted by molar-refractivity contribution is 5.41. The van der Waals surface area contributed by atoms with Gasteiger partial charge in [0.05, 0.1) is 11.4 Å². The van der Waals surface area contributed by atoms with Gasteiger partial charge < -0.3 is 10.3 Å². The molecule has 5 nitrogen and oxygen atoms in total. The Hall–Kier alpha value is -1.17. The van der Waals surface area contributed by atoms with Crippen LogP contribution >= 0.6 is 0 Å². The van der Waals surface area contributed by atoms with Gasteiger partial charge in [0.15, 0.2) is 0 Å². The average Bonchev–Trinajstić information content (AvgIpc) is 2.41. The van der Waals surface area contributed by atoms with Crippen LogP contribution in [-0.4, -0.2) is 47.5 Å². The van der Waals surface area contributed by atoms with Crippen molar-refractivity contribution in [2.24, 2.45) is 5.84 Å². The zero-order valence-electron chi connectivity index (χ0n) is 11.3. The number of hydrazine groups is 1. The molecule has 3 N–H and O–H groups in total. The zero-order valence-corrected chi connectivity index (χ0v) is 11.3. The molecule has 1 aromatic heterocycles. The Morgan fingerprint density at radius 2 is 2.33 bits per heavy atom. The first-order valence-corrected chi connectivity index (χ1v) is 6.57. The minimum absolute atomic E-state index is 0.662. The van der Waals surface area contributed by atoms with Crippen LogP contribution in [0.1, 0.15) is 19.0 Å². The van der Waals surface area contributed by atoms with E-state index in [-0.39, 0.29) is 0 Å². The Morgan fingerprint density at radius 3 is 3.06 bits per heavy atom. The molecule has 1 fully saturated rings. The van der Waals surface area contributed by atoms with Gasteiger partial charge in [-0.25, -0.2) is 0 Å². The molecule has 1 unspecified atom stereocenters. The van der Waals surface area contributed by atoms with Gasteiger partial charge in [-0.3, -0.25) is 15.7 Å². The average molecular weight is 249 g/mol. The first kappa shape index (κ1) is 13.3. The molecule has 0 spiro atoms. The predicted octanol–water partition coefficient (Wildman–Crippen LogP) is 0.893. The summed E-state index contributed by atoms with van der Waals surface area (Å²) in [7, 11) is 2.21. The van der Waals surface area contributed by atoms with Gasteiger partial charge in [0.1, 0.15) is 0 Å². The molecule has 5 heteroatoms. The van der Waals surface area contributed by atoms with Crippen LogP contribution < -0.4 is 11.3 Å². The van der Waals surface area contributed by atoms with Gasteiger partial charge in [-0.15, -0.1) is 0 Å². The number of nitrogen functional groups attached to an aromatic ring is 1. The lowest BCUT2D eigenvalue weighted by atomic mass is 10.1. The molecule has 0 aromatic carbocycles. The van der Waals surface area contributed by atoms with Crippen molar-refractivity contribution in [3.8, 4) is 0 Å².